The summed E-state index contributed by atoms with van der Waals surface area (Å²) >= 11 is 2.47. The Balaban J connectivity index is 2.11. The molecule has 1 fully saturated rings. The third-order valence-corrected chi connectivity index (χ3v) is 4.96. The lowest BCUT2D eigenvalue weighted by Crippen LogP contribution is -2.40. The Labute approximate surface area is 125 Å². The van der Waals surface area contributed by atoms with Crippen LogP contribution in [0.5, 0.6) is 0 Å². The highest BCUT2D eigenvalue weighted by Crippen LogP contribution is 2.36. The summed E-state index contributed by atoms with van der Waals surface area (Å²) in [4.78, 5) is 0. The molecule has 3 nitrogen and oxygen atoms in total. The molecule has 0 aliphatic heterocycles. The van der Waals surface area contributed by atoms with E-state index in [-0.39, 0.29) is 5.60 Å². The maximum atomic E-state index is 6.13. The Morgan fingerprint density at radius 2 is 2.06 bits per heavy atom. The van der Waals surface area contributed by atoms with Gasteiger partial charge in [0.15, 0.2) is 0 Å². The SMILES string of the molecule is COCCCOCCOC1(CI)CCCC(C)C1. The summed E-state index contributed by atoms with van der Waals surface area (Å²) in [6.45, 7) is 5.31. The third-order valence-electron chi connectivity index (χ3n) is 3.57. The second kappa shape index (κ2) is 9.50. The van der Waals surface area contributed by atoms with Crippen molar-refractivity contribution >= 4 is 22.6 Å². The molecule has 2 atom stereocenters. The summed E-state index contributed by atoms with van der Waals surface area (Å²) < 4.78 is 17.7. The molecule has 0 radical (unpaired) electrons. The molecule has 0 aromatic heterocycles. The predicted octanol–water partition coefficient (Wildman–Crippen LogP) is 3.44. The third kappa shape index (κ3) is 6.17. The highest BCUT2D eigenvalue weighted by atomic mass is 127. The van der Waals surface area contributed by atoms with Crippen LogP contribution in [0.2, 0.25) is 0 Å². The van der Waals surface area contributed by atoms with Gasteiger partial charge in [0.1, 0.15) is 0 Å². The first-order chi connectivity index (χ1) is 8.72. The molecule has 0 aromatic rings. The smallest absolute Gasteiger partial charge is 0.0775 e. The number of alkyl halides is 1. The minimum atomic E-state index is 0.119. The summed E-state index contributed by atoms with van der Waals surface area (Å²) in [5, 5.41) is 0. The van der Waals surface area contributed by atoms with E-state index in [2.05, 4.69) is 29.5 Å². The molecule has 1 rings (SSSR count). The molecule has 0 heterocycles. The molecule has 1 aliphatic carbocycles. The molecule has 18 heavy (non-hydrogen) atoms. The van der Waals surface area contributed by atoms with E-state index < -0.39 is 0 Å². The molecular weight excluding hydrogens is 343 g/mol. The van der Waals surface area contributed by atoms with Crippen LogP contribution in [0, 0.1) is 5.92 Å². The van der Waals surface area contributed by atoms with Gasteiger partial charge in [-0.1, -0.05) is 42.4 Å². The van der Waals surface area contributed by atoms with Gasteiger partial charge in [-0.3, -0.25) is 0 Å². The summed E-state index contributed by atoms with van der Waals surface area (Å²) in [5.41, 5.74) is 0.119. The quantitative estimate of drug-likeness (QED) is 0.354. The van der Waals surface area contributed by atoms with E-state index in [0.29, 0.717) is 6.61 Å². The van der Waals surface area contributed by atoms with Crippen LogP contribution in [0.15, 0.2) is 0 Å². The Morgan fingerprint density at radius 1 is 1.22 bits per heavy atom. The van der Waals surface area contributed by atoms with Crippen molar-refractivity contribution in [1.82, 2.24) is 0 Å². The van der Waals surface area contributed by atoms with Crippen LogP contribution >= 0.6 is 22.6 Å². The Hall–Kier alpha value is 0.610. The van der Waals surface area contributed by atoms with Crippen molar-refractivity contribution in [3.8, 4) is 0 Å². The lowest BCUT2D eigenvalue weighted by Gasteiger charge is -2.38. The van der Waals surface area contributed by atoms with E-state index in [1.807, 2.05) is 0 Å². The van der Waals surface area contributed by atoms with Crippen molar-refractivity contribution in [3.63, 3.8) is 0 Å². The molecule has 0 spiro atoms. The van der Waals surface area contributed by atoms with Crippen molar-refractivity contribution in [1.29, 1.82) is 0 Å². The molecule has 1 saturated carbocycles. The number of hydrogen-bond acceptors (Lipinski definition) is 3. The standard InChI is InChI=1S/C14H27IO3/c1-13-5-3-6-14(11-13,12-15)18-10-9-17-8-4-7-16-2/h13H,3-12H2,1-2H3. The maximum Gasteiger partial charge on any atom is 0.0775 e. The van der Waals surface area contributed by atoms with Gasteiger partial charge < -0.3 is 14.2 Å². The van der Waals surface area contributed by atoms with E-state index in [9.17, 15) is 0 Å². The normalized spacial score (nSPS) is 28.5. The summed E-state index contributed by atoms with van der Waals surface area (Å²) in [7, 11) is 1.72. The van der Waals surface area contributed by atoms with Crippen LogP contribution in [-0.4, -0.2) is 43.6 Å². The molecule has 0 N–H and O–H groups in total. The van der Waals surface area contributed by atoms with Gasteiger partial charge in [0, 0.05) is 24.8 Å². The van der Waals surface area contributed by atoms with Gasteiger partial charge in [0.05, 0.1) is 18.8 Å². The molecule has 2 unspecified atom stereocenters. The van der Waals surface area contributed by atoms with Gasteiger partial charge in [0.25, 0.3) is 0 Å². The Bertz CT molecular complexity index is 213. The van der Waals surface area contributed by atoms with Gasteiger partial charge in [0.2, 0.25) is 0 Å². The average molecular weight is 370 g/mol. The van der Waals surface area contributed by atoms with Crippen LogP contribution in [0.25, 0.3) is 0 Å². The minimum absolute atomic E-state index is 0.119. The number of hydrogen-bond donors (Lipinski definition) is 0. The van der Waals surface area contributed by atoms with Crippen molar-refractivity contribution in [2.75, 3.05) is 38.0 Å². The minimum Gasteiger partial charge on any atom is -0.385 e. The van der Waals surface area contributed by atoms with E-state index >= 15 is 0 Å². The lowest BCUT2D eigenvalue weighted by molar-refractivity contribution is -0.0807. The Morgan fingerprint density at radius 3 is 2.72 bits per heavy atom. The second-order valence-electron chi connectivity index (χ2n) is 5.33. The van der Waals surface area contributed by atoms with Gasteiger partial charge in [-0.15, -0.1) is 0 Å². The van der Waals surface area contributed by atoms with Crippen LogP contribution < -0.4 is 0 Å². The molecule has 0 amide bonds. The topological polar surface area (TPSA) is 27.7 Å². The lowest BCUT2D eigenvalue weighted by atomic mass is 9.80. The zero-order valence-corrected chi connectivity index (χ0v) is 13.9. The number of rotatable bonds is 9. The highest BCUT2D eigenvalue weighted by Gasteiger charge is 2.34. The van der Waals surface area contributed by atoms with Gasteiger partial charge in [-0.05, 0) is 25.2 Å². The first kappa shape index (κ1) is 16.7. The van der Waals surface area contributed by atoms with Crippen molar-refractivity contribution in [3.05, 3.63) is 0 Å². The largest absolute Gasteiger partial charge is 0.385 e. The van der Waals surface area contributed by atoms with E-state index in [1.165, 1.54) is 25.7 Å². The van der Waals surface area contributed by atoms with Crippen molar-refractivity contribution in [2.24, 2.45) is 5.92 Å². The summed E-state index contributed by atoms with van der Waals surface area (Å²) in [6.07, 6.45) is 6.04. The molecule has 0 bridgehead atoms. The van der Waals surface area contributed by atoms with Gasteiger partial charge >= 0.3 is 0 Å². The van der Waals surface area contributed by atoms with Crippen LogP contribution in [-0.2, 0) is 14.2 Å². The zero-order chi connectivity index (χ0) is 13.3. The fourth-order valence-corrected chi connectivity index (χ4v) is 3.54. The van der Waals surface area contributed by atoms with E-state index in [1.54, 1.807) is 7.11 Å². The average Bonchev–Trinajstić information content (AvgIpc) is 2.38. The van der Waals surface area contributed by atoms with Gasteiger partial charge in [-0.2, -0.15) is 0 Å². The van der Waals surface area contributed by atoms with E-state index in [4.69, 9.17) is 14.2 Å². The molecule has 1 aliphatic rings. The highest BCUT2D eigenvalue weighted by molar-refractivity contribution is 14.1. The first-order valence-electron chi connectivity index (χ1n) is 6.99. The molecular formula is C14H27IO3. The van der Waals surface area contributed by atoms with Crippen molar-refractivity contribution in [2.45, 2.75) is 44.6 Å². The fraction of sp³-hybridized carbons (Fsp3) is 1.00. The molecule has 108 valence electrons. The molecule has 0 saturated heterocycles. The number of ether oxygens (including phenoxy) is 3. The van der Waals surface area contributed by atoms with Crippen LogP contribution in [0.1, 0.15) is 39.0 Å². The fourth-order valence-electron chi connectivity index (χ4n) is 2.63. The summed E-state index contributed by atoms with van der Waals surface area (Å²) in [6, 6.07) is 0. The first-order valence-corrected chi connectivity index (χ1v) is 8.51. The van der Waals surface area contributed by atoms with Crippen molar-refractivity contribution < 1.29 is 14.2 Å². The molecule has 4 heteroatoms. The van der Waals surface area contributed by atoms with Crippen LogP contribution in [0.4, 0.5) is 0 Å². The Kier molecular flexibility index (Phi) is 8.80. The zero-order valence-electron chi connectivity index (χ0n) is 11.8. The van der Waals surface area contributed by atoms with Gasteiger partial charge in [-0.25, -0.2) is 0 Å². The van der Waals surface area contributed by atoms with E-state index in [0.717, 1.165) is 36.6 Å². The van der Waals surface area contributed by atoms with Crippen LogP contribution in [0.3, 0.4) is 0 Å². The number of halogens is 1. The monoisotopic (exact) mass is 370 g/mol. The number of methoxy groups -OCH3 is 1. The molecule has 0 aromatic carbocycles. The maximum absolute atomic E-state index is 6.13. The predicted molar refractivity (Wildman–Crippen MR) is 82.5 cm³/mol. The second-order valence-corrected chi connectivity index (χ2v) is 6.09. The summed E-state index contributed by atoms with van der Waals surface area (Å²) in [5.74, 6) is 0.802.